The van der Waals surface area contributed by atoms with Gasteiger partial charge in [0.1, 0.15) is 109 Å². The minimum atomic E-state index is -1.90. The van der Waals surface area contributed by atoms with Gasteiger partial charge in [0, 0.05) is 39.0 Å². The fraction of sp³-hybridized carbons (Fsp3) is 0.638. The Morgan fingerprint density at radius 3 is 1.25 bits per heavy atom. The van der Waals surface area contributed by atoms with E-state index in [1.54, 1.807) is 88.4 Å². The molecular weight excluding hydrogens is 1970 g/mol. The number of carboxylic acids is 1. The van der Waals surface area contributed by atoms with E-state index >= 15 is 0 Å². The molecule has 149 heavy (non-hydrogen) atoms. The summed E-state index contributed by atoms with van der Waals surface area (Å²) in [6.45, 7) is 7.39. The number of thioether (sulfide) groups is 1. The lowest BCUT2D eigenvalue weighted by Crippen LogP contribution is -2.62. The van der Waals surface area contributed by atoms with Crippen LogP contribution in [0.1, 0.15) is 163 Å². The summed E-state index contributed by atoms with van der Waals surface area (Å²) in [6, 6.07) is -13.1. The molecule has 0 aromatic heterocycles. The molecule has 2 aliphatic heterocycles. The van der Waals surface area contributed by atoms with Gasteiger partial charge in [-0.3, -0.25) is 107 Å². The molecule has 36 N–H and O–H groups in total. The number of guanidine groups is 2. The minimum Gasteiger partial charge on any atom is -0.480 e. The van der Waals surface area contributed by atoms with E-state index in [0.29, 0.717) is 36.1 Å². The maximum absolute atomic E-state index is 14.8. The van der Waals surface area contributed by atoms with Gasteiger partial charge in [-0.05, 0) is 160 Å². The Labute approximate surface area is 867 Å². The number of nitrogens with zero attached hydrogens (tertiary/aromatic N) is 2. The second kappa shape index (κ2) is 66.0. The quantitative estimate of drug-likeness (QED) is 0.0166. The highest BCUT2D eigenvalue weighted by atomic mass is 32.2. The van der Waals surface area contributed by atoms with Gasteiger partial charge >= 0.3 is 5.97 Å². The van der Waals surface area contributed by atoms with Crippen LogP contribution in [0.15, 0.2) is 60.7 Å². The predicted octanol–water partition coefficient (Wildman–Crippen LogP) is -11.0. The monoisotopic (exact) mass is 2120 g/mol. The van der Waals surface area contributed by atoms with Crippen LogP contribution in [0.4, 0.5) is 0 Å². The van der Waals surface area contributed by atoms with Gasteiger partial charge in [0.15, 0.2) is 11.9 Å². The molecule has 0 aliphatic carbocycles. The zero-order valence-electron chi connectivity index (χ0n) is 85.6. The second-order valence-corrected chi connectivity index (χ2v) is 38.0. The minimum absolute atomic E-state index is 0.0161. The highest BCUT2D eigenvalue weighted by Gasteiger charge is 2.46. The number of nitrogens with one attached hydrogen (secondary N) is 21. The summed E-state index contributed by atoms with van der Waals surface area (Å²) >= 11 is 1.45. The fourth-order valence-corrected chi connectivity index (χ4v) is 16.2. The average molecular weight is 2130 g/mol. The zero-order valence-corrected chi connectivity index (χ0v) is 86.4. The molecule has 0 radical (unpaired) electrons. The van der Waals surface area contributed by atoms with E-state index in [1.807, 2.05) is 6.26 Å². The van der Waals surface area contributed by atoms with Crippen molar-refractivity contribution in [2.45, 2.75) is 292 Å². The van der Waals surface area contributed by atoms with Gasteiger partial charge in [-0.25, -0.2) is 0 Å². The number of amides is 19. The maximum atomic E-state index is 14.8. The Morgan fingerprint density at radius 1 is 0.403 bits per heavy atom. The standard InChI is InChI=1S/C94H153N27O27S/c1-11-49(4)71(117-85(140)67(47-125)116-89(144)72(53(8)126)118-74(129)50(5)104-76(131)57(96)33-39-149-10)88(143)109-60(30-21-36-102-94(99)100)90(145)120-37-22-31-68(120)86(141)105-51(6)75(130)119-73(54(9)127)91(146)121-38-23-32-69(121)87(142)115-66(46-124)84(139)110-61(40-48(2)3)80(135)114-65(45-123)83(138)112-62(41-55-24-14-12-15-25-55)81(136)111-63(42-56-26-16-13-17-27-56)82(137)113-64(44-122)77(132)103-43-70(128)107-58(29-20-35-101-93(97)98)79(134)108-59(28-18-19-34-95)78(133)106-52(7)92(147)148/h12-17,24-27,48-54,57-69,71-73,122-127H,11,18-23,28-47,95-96H2,1-10H3,(H,103,132)(H,104,131)(H,105,141)(H,106,133)(H,107,128)(H,108,134)(H,109,143)(H,110,139)(H,111,136)(H,112,138)(H,113,137)(H,114,135)(H,115,142)(H,116,144)(H,117,140)(H,118,129)(H,119,130)(H,147,148)(H4,97,98,101)(H4,99,100,102)/t49-,50-,51-,52-,53+,54+,57-,58-,59-,60-,61-,62-,63-,64-,65-,66-,67-,68-,69-,71-,72-,73-/m0/s1. The van der Waals surface area contributed by atoms with Crippen LogP contribution in [-0.2, 0) is 109 Å². The van der Waals surface area contributed by atoms with Gasteiger partial charge in [0.25, 0.3) is 0 Å². The summed E-state index contributed by atoms with van der Waals surface area (Å²) in [5.41, 5.74) is 23.4. The van der Waals surface area contributed by atoms with Crippen molar-refractivity contribution >= 4 is 142 Å². The highest BCUT2D eigenvalue weighted by molar-refractivity contribution is 7.98. The smallest absolute Gasteiger partial charge is 0.325 e. The molecular formula is C94H153N27O27S. The largest absolute Gasteiger partial charge is 0.480 e. The van der Waals surface area contributed by atoms with Gasteiger partial charge in [0.2, 0.25) is 112 Å². The third-order valence-electron chi connectivity index (χ3n) is 24.5. The number of carboxylic acid groups (broad SMARTS) is 1. The van der Waals surface area contributed by atoms with Crippen molar-refractivity contribution in [3.63, 3.8) is 0 Å². The first-order valence-corrected chi connectivity index (χ1v) is 50.8. The Kier molecular flexibility index (Phi) is 56.5. The molecule has 2 aliphatic rings. The third kappa shape index (κ3) is 43.6. The Bertz CT molecular complexity index is 4820. The Morgan fingerprint density at radius 2 is 0.779 bits per heavy atom. The van der Waals surface area contributed by atoms with Crippen molar-refractivity contribution in [3.8, 4) is 0 Å². The number of nitrogens with two attached hydrogens (primary N) is 4. The lowest BCUT2D eigenvalue weighted by Gasteiger charge is -2.32. The summed E-state index contributed by atoms with van der Waals surface area (Å²) in [5, 5.41) is 135. The molecule has 0 bridgehead atoms. The molecule has 4 rings (SSSR count). The first kappa shape index (κ1) is 128. The number of aliphatic carboxylic acids is 1. The number of likely N-dealkylation sites (tertiary alicyclic amines) is 2. The van der Waals surface area contributed by atoms with E-state index in [2.05, 4.69) is 101 Å². The number of rotatable bonds is 66. The summed E-state index contributed by atoms with van der Waals surface area (Å²) in [4.78, 5) is 281. The number of aliphatic hydroxyl groups is 6. The molecule has 2 saturated heterocycles. The highest BCUT2D eigenvalue weighted by Crippen LogP contribution is 2.24. The van der Waals surface area contributed by atoms with Gasteiger partial charge in [-0.1, -0.05) is 94.8 Å². The molecule has 0 spiro atoms. The van der Waals surface area contributed by atoms with Gasteiger partial charge in [0.05, 0.1) is 51.2 Å². The van der Waals surface area contributed by atoms with E-state index in [9.17, 15) is 132 Å². The van der Waals surface area contributed by atoms with Crippen LogP contribution in [0.5, 0.6) is 0 Å². The molecule has 55 heteroatoms. The molecule has 0 saturated carbocycles. The van der Waals surface area contributed by atoms with Crippen LogP contribution in [-0.4, -0.2) is 380 Å². The van der Waals surface area contributed by atoms with E-state index in [-0.39, 0.29) is 116 Å². The van der Waals surface area contributed by atoms with Crippen LogP contribution in [0.2, 0.25) is 0 Å². The normalized spacial score (nSPS) is 17.3. The van der Waals surface area contributed by atoms with Crippen molar-refractivity contribution in [2.75, 3.05) is 77.7 Å². The Balaban J connectivity index is 1.48. The summed E-state index contributed by atoms with van der Waals surface area (Å²) < 4.78 is 0. The summed E-state index contributed by atoms with van der Waals surface area (Å²) in [5.74, 6) is -21.7. The van der Waals surface area contributed by atoms with E-state index in [4.69, 9.17) is 33.8 Å². The molecule has 22 atom stereocenters. The van der Waals surface area contributed by atoms with Crippen LogP contribution >= 0.6 is 11.8 Å². The molecule has 2 aromatic rings. The van der Waals surface area contributed by atoms with E-state index in [1.165, 1.54) is 32.5 Å². The van der Waals surface area contributed by atoms with Crippen LogP contribution in [0.25, 0.3) is 0 Å². The van der Waals surface area contributed by atoms with Gasteiger partial charge in [-0.2, -0.15) is 11.8 Å². The van der Waals surface area contributed by atoms with Crippen molar-refractivity contribution < 1.29 is 132 Å². The molecule has 832 valence electrons. The fourth-order valence-electron chi connectivity index (χ4n) is 15.7. The van der Waals surface area contributed by atoms with Crippen LogP contribution in [0.3, 0.4) is 0 Å². The number of aliphatic hydroxyl groups excluding tert-OH is 6. The van der Waals surface area contributed by atoms with E-state index < -0.39 is 302 Å². The van der Waals surface area contributed by atoms with Crippen molar-refractivity contribution in [1.29, 1.82) is 10.8 Å². The van der Waals surface area contributed by atoms with E-state index in [0.717, 1.165) is 23.6 Å². The van der Waals surface area contributed by atoms with Crippen molar-refractivity contribution in [3.05, 3.63) is 71.8 Å². The second-order valence-electron chi connectivity index (χ2n) is 37.0. The number of carbonyl (C=O) groups excluding carboxylic acids is 19. The molecule has 19 amide bonds. The maximum Gasteiger partial charge on any atom is 0.325 e. The summed E-state index contributed by atoms with van der Waals surface area (Å²) in [6.07, 6.45) is -0.754. The lowest BCUT2D eigenvalue weighted by atomic mass is 9.97. The first-order chi connectivity index (χ1) is 70.5. The number of hydrogen-bond donors (Lipinski definition) is 32. The molecule has 2 aromatic carbocycles. The molecule has 2 fully saturated rings. The number of carbonyl (C=O) groups is 20. The van der Waals surface area contributed by atoms with Crippen molar-refractivity contribution in [2.24, 2.45) is 34.8 Å². The SMILES string of the molecule is CC[C@H](C)[C@H](NC(=O)[C@H](CO)NC(=O)[C@@H](NC(=O)[C@H](C)NC(=O)[C@@H](N)CCSC)[C@@H](C)O)C(=O)N[C@@H](CCCNC(=N)N)C(=O)N1CCC[C@H]1C(=O)N[C@@H](C)C(=O)N[C@H](C(=O)N1CCC[C@H]1C(=O)N[C@@H](CO)C(=O)N[C@@H](CC(C)C)C(=O)N[C@@H](CO)C(=O)N[C@@H](Cc1ccccc1)C(=O)N[C@@H](Cc1ccccc1)C(=O)N[C@@H](CO)C(=O)NCC(=O)N[C@@H](CCCNC(=N)N)C(=O)N[C@@H](CCCCN)C(=O)N[C@@H](C)C(=O)O)[C@@H](C)O. The molecule has 54 nitrogen and oxygen atoms in total. The number of unbranched alkanes of at least 4 members (excludes halogenated alkanes) is 1. The van der Waals surface area contributed by atoms with Crippen LogP contribution < -0.4 is 124 Å². The van der Waals surface area contributed by atoms with Crippen LogP contribution in [0, 0.1) is 22.7 Å². The molecule has 2 heterocycles. The zero-order chi connectivity index (χ0) is 112. The number of benzene rings is 2. The number of hydrogen-bond acceptors (Lipinski definition) is 31. The molecule has 0 unspecified atom stereocenters. The van der Waals surface area contributed by atoms with Gasteiger partial charge < -0.3 is 169 Å². The summed E-state index contributed by atoms with van der Waals surface area (Å²) in [7, 11) is 0. The Hall–Kier alpha value is -13.6. The topological polar surface area (TPSA) is 870 Å². The lowest BCUT2D eigenvalue weighted by molar-refractivity contribution is -0.145. The average Bonchev–Trinajstić information content (AvgIpc) is 1.67. The van der Waals surface area contributed by atoms with Gasteiger partial charge in [-0.15, -0.1) is 0 Å². The first-order valence-electron chi connectivity index (χ1n) is 49.4. The third-order valence-corrected chi connectivity index (χ3v) is 25.1. The predicted molar refractivity (Wildman–Crippen MR) is 541 cm³/mol. The van der Waals surface area contributed by atoms with Crippen molar-refractivity contribution in [1.82, 2.24) is 111 Å².